The number of aliphatic hydroxyl groups is 1. The molecule has 4 rings (SSSR count). The zero-order chi connectivity index (χ0) is 23.2. The number of ketones is 1. The Kier molecular flexibility index (Phi) is 5.73. The molecule has 8 heteroatoms. The summed E-state index contributed by atoms with van der Waals surface area (Å²) in [5.41, 5.74) is 0.479. The van der Waals surface area contributed by atoms with Gasteiger partial charge < -0.3 is 9.63 Å². The Hall–Kier alpha value is -2.90. The van der Waals surface area contributed by atoms with Gasteiger partial charge in [-0.1, -0.05) is 83.8 Å². The largest absolute Gasteiger partial charge is 0.507 e. The molecule has 1 atom stereocenters. The lowest BCUT2D eigenvalue weighted by Gasteiger charge is -2.23. The molecular formula is C24H20BrClN2O4. The summed E-state index contributed by atoms with van der Waals surface area (Å²) in [5.74, 6) is -1.20. The van der Waals surface area contributed by atoms with Gasteiger partial charge in [0.2, 0.25) is 0 Å². The SMILES string of the molecule is CC(C)(C)c1cc(N2C(=O)C(=O)C(=C(O)c3ccc(Br)cc3)[C@@H]2c2ccccc2Cl)no1. The molecule has 0 unspecified atom stereocenters. The molecule has 2 aromatic carbocycles. The average Bonchev–Trinajstić information content (AvgIpc) is 3.32. The second kappa shape index (κ2) is 8.22. The number of rotatable bonds is 3. The fourth-order valence-electron chi connectivity index (χ4n) is 3.56. The molecule has 1 amide bonds. The minimum Gasteiger partial charge on any atom is -0.507 e. The summed E-state index contributed by atoms with van der Waals surface area (Å²) in [6, 6.07) is 14.3. The van der Waals surface area contributed by atoms with Crippen LogP contribution in [0.3, 0.4) is 0 Å². The number of hydrogen-bond donors (Lipinski definition) is 1. The van der Waals surface area contributed by atoms with Gasteiger partial charge in [-0.25, -0.2) is 0 Å². The van der Waals surface area contributed by atoms with Crippen LogP contribution in [0, 0.1) is 0 Å². The normalized spacial score (nSPS) is 18.4. The summed E-state index contributed by atoms with van der Waals surface area (Å²) >= 11 is 9.82. The van der Waals surface area contributed by atoms with Crippen LogP contribution in [0.25, 0.3) is 5.76 Å². The summed E-state index contributed by atoms with van der Waals surface area (Å²) in [6.07, 6.45) is 0. The zero-order valence-corrected chi connectivity index (χ0v) is 19.9. The van der Waals surface area contributed by atoms with Crippen molar-refractivity contribution in [2.24, 2.45) is 0 Å². The predicted molar refractivity (Wildman–Crippen MR) is 126 cm³/mol. The van der Waals surface area contributed by atoms with Crippen molar-refractivity contribution in [3.8, 4) is 0 Å². The highest BCUT2D eigenvalue weighted by Gasteiger charge is 2.49. The maximum absolute atomic E-state index is 13.2. The quantitative estimate of drug-likeness (QED) is 0.262. The molecule has 0 radical (unpaired) electrons. The summed E-state index contributed by atoms with van der Waals surface area (Å²) in [5, 5.41) is 15.5. The minimum atomic E-state index is -0.967. The average molecular weight is 516 g/mol. The molecule has 0 saturated carbocycles. The lowest BCUT2D eigenvalue weighted by Crippen LogP contribution is -2.30. The molecule has 1 aliphatic heterocycles. The number of amides is 1. The van der Waals surface area contributed by atoms with Crippen molar-refractivity contribution in [1.29, 1.82) is 0 Å². The standard InChI is InChI=1S/C24H20BrClN2O4/c1-24(2,3)17-12-18(27-32-17)28-20(15-6-4-5-7-16(15)26)19(22(30)23(28)31)21(29)13-8-10-14(25)11-9-13/h4-12,20,29H,1-3H3/t20-/m0/s1. The van der Waals surface area contributed by atoms with Crippen LogP contribution in [0.2, 0.25) is 5.02 Å². The number of anilines is 1. The van der Waals surface area contributed by atoms with Gasteiger partial charge in [0.05, 0.1) is 11.6 Å². The van der Waals surface area contributed by atoms with Crippen molar-refractivity contribution >= 4 is 50.8 Å². The van der Waals surface area contributed by atoms with Crippen molar-refractivity contribution in [1.82, 2.24) is 5.16 Å². The van der Waals surface area contributed by atoms with Gasteiger partial charge in [0.25, 0.3) is 5.78 Å². The van der Waals surface area contributed by atoms with Crippen LogP contribution in [-0.2, 0) is 15.0 Å². The molecule has 1 aliphatic rings. The molecule has 3 aromatic rings. The van der Waals surface area contributed by atoms with E-state index in [0.717, 1.165) is 4.47 Å². The number of Topliss-reactive ketones (excluding diaryl/α,β-unsaturated/α-hetero) is 1. The lowest BCUT2D eigenvalue weighted by molar-refractivity contribution is -0.132. The number of carbonyl (C=O) groups excluding carboxylic acids is 2. The van der Waals surface area contributed by atoms with E-state index in [1.54, 1.807) is 54.6 Å². The smallest absolute Gasteiger partial charge is 0.301 e. The van der Waals surface area contributed by atoms with Gasteiger partial charge in [-0.3, -0.25) is 14.5 Å². The number of carbonyl (C=O) groups is 2. The minimum absolute atomic E-state index is 0.0641. The number of halogens is 2. The first-order chi connectivity index (χ1) is 15.1. The van der Waals surface area contributed by atoms with Crippen molar-refractivity contribution in [2.75, 3.05) is 4.90 Å². The van der Waals surface area contributed by atoms with E-state index >= 15 is 0 Å². The molecule has 1 saturated heterocycles. The van der Waals surface area contributed by atoms with Crippen molar-refractivity contribution < 1.29 is 19.2 Å². The second-order valence-electron chi connectivity index (χ2n) is 8.50. The van der Waals surface area contributed by atoms with Crippen molar-refractivity contribution in [3.05, 3.63) is 86.6 Å². The van der Waals surface area contributed by atoms with Gasteiger partial charge in [-0.15, -0.1) is 0 Å². The lowest BCUT2D eigenvalue weighted by atomic mass is 9.93. The van der Waals surface area contributed by atoms with E-state index in [2.05, 4.69) is 21.1 Å². The fraction of sp³-hybridized carbons (Fsp3) is 0.208. The van der Waals surface area contributed by atoms with Crippen LogP contribution < -0.4 is 4.90 Å². The van der Waals surface area contributed by atoms with Crippen molar-refractivity contribution in [3.63, 3.8) is 0 Å². The van der Waals surface area contributed by atoms with E-state index in [9.17, 15) is 14.7 Å². The highest BCUT2D eigenvalue weighted by molar-refractivity contribution is 9.10. The number of aliphatic hydroxyl groups excluding tert-OH is 1. The maximum atomic E-state index is 13.2. The van der Waals surface area contributed by atoms with Crippen LogP contribution >= 0.6 is 27.5 Å². The van der Waals surface area contributed by atoms with Crippen LogP contribution in [0.15, 0.2) is 69.2 Å². The highest BCUT2D eigenvalue weighted by Crippen LogP contribution is 2.44. The number of nitrogens with zero attached hydrogens (tertiary/aromatic N) is 2. The fourth-order valence-corrected chi connectivity index (χ4v) is 4.06. The summed E-state index contributed by atoms with van der Waals surface area (Å²) in [6.45, 7) is 5.85. The van der Waals surface area contributed by atoms with E-state index in [1.807, 2.05) is 20.8 Å². The third-order valence-corrected chi connectivity index (χ3v) is 6.12. The van der Waals surface area contributed by atoms with Crippen LogP contribution in [-0.4, -0.2) is 22.0 Å². The van der Waals surface area contributed by atoms with E-state index in [0.29, 0.717) is 21.9 Å². The Bertz CT molecular complexity index is 1240. The molecule has 32 heavy (non-hydrogen) atoms. The Morgan fingerprint density at radius 3 is 2.38 bits per heavy atom. The van der Waals surface area contributed by atoms with Crippen LogP contribution in [0.5, 0.6) is 0 Å². The molecule has 2 heterocycles. The summed E-state index contributed by atoms with van der Waals surface area (Å²) < 4.78 is 6.28. The molecular weight excluding hydrogens is 496 g/mol. The molecule has 0 aliphatic carbocycles. The molecule has 1 N–H and O–H groups in total. The van der Waals surface area contributed by atoms with Crippen molar-refractivity contribution in [2.45, 2.75) is 32.2 Å². The Labute approximate surface area is 198 Å². The number of aromatic nitrogens is 1. The van der Waals surface area contributed by atoms with E-state index < -0.39 is 17.7 Å². The molecule has 164 valence electrons. The second-order valence-corrected chi connectivity index (χ2v) is 9.82. The van der Waals surface area contributed by atoms with Gasteiger partial charge >= 0.3 is 5.91 Å². The number of hydrogen-bond acceptors (Lipinski definition) is 5. The van der Waals surface area contributed by atoms with Gasteiger partial charge in [-0.2, -0.15) is 0 Å². The first-order valence-electron chi connectivity index (χ1n) is 9.88. The summed E-state index contributed by atoms with van der Waals surface area (Å²) in [7, 11) is 0. The summed E-state index contributed by atoms with van der Waals surface area (Å²) in [4.78, 5) is 27.5. The third kappa shape index (κ3) is 3.87. The molecule has 0 spiro atoms. The van der Waals surface area contributed by atoms with Gasteiger partial charge in [-0.05, 0) is 23.8 Å². The van der Waals surface area contributed by atoms with E-state index in [4.69, 9.17) is 16.1 Å². The Morgan fingerprint density at radius 2 is 1.78 bits per heavy atom. The molecule has 1 fully saturated rings. The first-order valence-corrected chi connectivity index (χ1v) is 11.0. The Balaban J connectivity index is 1.94. The molecule has 1 aromatic heterocycles. The molecule has 0 bridgehead atoms. The van der Waals surface area contributed by atoms with Crippen LogP contribution in [0.4, 0.5) is 5.82 Å². The predicted octanol–water partition coefficient (Wildman–Crippen LogP) is 6.01. The van der Waals surface area contributed by atoms with E-state index in [-0.39, 0.29) is 22.6 Å². The van der Waals surface area contributed by atoms with Gasteiger partial charge in [0.1, 0.15) is 11.5 Å². The van der Waals surface area contributed by atoms with E-state index in [1.165, 1.54) is 4.90 Å². The van der Waals surface area contributed by atoms with Crippen LogP contribution in [0.1, 0.15) is 43.7 Å². The number of benzene rings is 2. The first kappa shape index (κ1) is 22.3. The Morgan fingerprint density at radius 1 is 1.12 bits per heavy atom. The topological polar surface area (TPSA) is 83.6 Å². The highest BCUT2D eigenvalue weighted by atomic mass is 79.9. The zero-order valence-electron chi connectivity index (χ0n) is 17.6. The maximum Gasteiger partial charge on any atom is 0.301 e. The van der Waals surface area contributed by atoms with Gasteiger partial charge in [0, 0.05) is 26.5 Å². The third-order valence-electron chi connectivity index (χ3n) is 5.25. The molecule has 6 nitrogen and oxygen atoms in total. The van der Waals surface area contributed by atoms with Gasteiger partial charge in [0.15, 0.2) is 5.82 Å². The monoisotopic (exact) mass is 514 g/mol.